The van der Waals surface area contributed by atoms with Gasteiger partial charge in [0.1, 0.15) is 0 Å². The molecule has 0 aliphatic carbocycles. The van der Waals surface area contributed by atoms with Crippen LogP contribution in [0.4, 0.5) is 0 Å². The van der Waals surface area contributed by atoms with Gasteiger partial charge < -0.3 is 9.40 Å². The van der Waals surface area contributed by atoms with Gasteiger partial charge in [-0.2, -0.15) is 5.10 Å². The zero-order valence-corrected chi connectivity index (χ0v) is 22.8. The van der Waals surface area contributed by atoms with Crippen LogP contribution < -0.4 is 5.56 Å². The SMILES string of the molecule is O=C(c1ccc(Br)o1)N1N=C(c2c(-c3ccc(Cl)cc3)c3ccccc3[nH]c2=O)CC1/C=C/c1ccccc1. The van der Waals surface area contributed by atoms with Crippen LogP contribution in [-0.4, -0.2) is 27.7 Å². The Balaban J connectivity index is 1.51. The maximum atomic E-state index is 13.6. The van der Waals surface area contributed by atoms with Crippen LogP contribution in [0.15, 0.2) is 116 Å². The molecule has 6 nitrogen and oxygen atoms in total. The molecule has 1 aliphatic rings. The molecule has 1 unspecified atom stereocenters. The predicted molar refractivity (Wildman–Crippen MR) is 158 cm³/mol. The summed E-state index contributed by atoms with van der Waals surface area (Å²) in [7, 11) is 0. The molecule has 1 N–H and O–H groups in total. The molecule has 192 valence electrons. The average molecular weight is 599 g/mol. The lowest BCUT2D eigenvalue weighted by molar-refractivity contribution is 0.0708. The summed E-state index contributed by atoms with van der Waals surface area (Å²) in [6.45, 7) is 0. The number of carbonyl (C=O) groups excluding carboxylic acids is 1. The van der Waals surface area contributed by atoms with Crippen LogP contribution in [0.2, 0.25) is 5.02 Å². The van der Waals surface area contributed by atoms with E-state index in [-0.39, 0.29) is 11.3 Å². The van der Waals surface area contributed by atoms with Gasteiger partial charge in [-0.3, -0.25) is 9.59 Å². The van der Waals surface area contributed by atoms with Gasteiger partial charge in [0.05, 0.1) is 17.3 Å². The second kappa shape index (κ2) is 10.5. The van der Waals surface area contributed by atoms with Crippen LogP contribution in [0.1, 0.15) is 28.1 Å². The molecule has 0 fully saturated rings. The first kappa shape index (κ1) is 25.1. The molecule has 0 radical (unpaired) electrons. The average Bonchev–Trinajstić information content (AvgIpc) is 3.58. The molecule has 1 aliphatic heterocycles. The fourth-order valence-corrected chi connectivity index (χ4v) is 5.22. The summed E-state index contributed by atoms with van der Waals surface area (Å²) in [5.41, 5.74) is 3.92. The smallest absolute Gasteiger partial charge is 0.310 e. The van der Waals surface area contributed by atoms with Gasteiger partial charge in [-0.25, -0.2) is 5.01 Å². The Bertz CT molecular complexity index is 1810. The summed E-state index contributed by atoms with van der Waals surface area (Å²) < 4.78 is 5.99. The van der Waals surface area contributed by atoms with Crippen LogP contribution in [0.5, 0.6) is 0 Å². The number of para-hydroxylation sites is 1. The highest BCUT2D eigenvalue weighted by molar-refractivity contribution is 9.10. The minimum Gasteiger partial charge on any atom is -0.444 e. The zero-order chi connectivity index (χ0) is 26.9. The van der Waals surface area contributed by atoms with E-state index in [0.717, 1.165) is 22.1 Å². The van der Waals surface area contributed by atoms with Crippen molar-refractivity contribution in [1.29, 1.82) is 0 Å². The number of pyridine rings is 1. The van der Waals surface area contributed by atoms with Crippen molar-refractivity contribution in [2.45, 2.75) is 12.5 Å². The van der Waals surface area contributed by atoms with E-state index in [1.807, 2.05) is 78.9 Å². The number of amides is 1. The minimum absolute atomic E-state index is 0.148. The Morgan fingerprint density at radius 2 is 1.72 bits per heavy atom. The lowest BCUT2D eigenvalue weighted by Crippen LogP contribution is -2.31. The van der Waals surface area contributed by atoms with Crippen LogP contribution in [0.25, 0.3) is 28.1 Å². The number of nitrogens with zero attached hydrogens (tertiary/aromatic N) is 2. The number of fused-ring (bicyclic) bond motifs is 1. The summed E-state index contributed by atoms with van der Waals surface area (Å²) in [4.78, 5) is 30.1. The van der Waals surface area contributed by atoms with E-state index in [1.54, 1.807) is 24.3 Å². The molecule has 1 amide bonds. The van der Waals surface area contributed by atoms with Crippen molar-refractivity contribution >= 4 is 56.1 Å². The molecular weight excluding hydrogens is 578 g/mol. The lowest BCUT2D eigenvalue weighted by Gasteiger charge is -2.17. The molecule has 39 heavy (non-hydrogen) atoms. The van der Waals surface area contributed by atoms with Gasteiger partial charge in [-0.1, -0.05) is 84.4 Å². The normalized spacial score (nSPS) is 15.3. The van der Waals surface area contributed by atoms with Crippen LogP contribution in [0, 0.1) is 0 Å². The molecule has 1 atom stereocenters. The molecule has 6 rings (SSSR count). The monoisotopic (exact) mass is 597 g/mol. The Labute approximate surface area is 237 Å². The Hall–Kier alpha value is -4.20. The lowest BCUT2D eigenvalue weighted by atomic mass is 9.92. The first-order chi connectivity index (χ1) is 19.0. The third-order valence-electron chi connectivity index (χ3n) is 6.59. The maximum Gasteiger partial charge on any atom is 0.310 e. The zero-order valence-electron chi connectivity index (χ0n) is 20.5. The van der Waals surface area contributed by atoms with E-state index >= 15 is 0 Å². The van der Waals surface area contributed by atoms with Crippen molar-refractivity contribution in [3.05, 3.63) is 134 Å². The molecule has 8 heteroatoms. The van der Waals surface area contributed by atoms with Crippen molar-refractivity contribution in [1.82, 2.24) is 9.99 Å². The second-order valence-electron chi connectivity index (χ2n) is 9.10. The standard InChI is InChI=1S/C31H21BrClN3O3/c32-27-17-16-26(39-27)31(38)36-22(15-10-19-6-2-1-3-7-19)18-25(35-36)29-28(20-11-13-21(33)14-12-20)23-8-4-5-9-24(23)34-30(29)37/h1-17,22H,18H2,(H,34,37)/b15-10+. The van der Waals surface area contributed by atoms with Gasteiger partial charge >= 0.3 is 5.91 Å². The van der Waals surface area contributed by atoms with E-state index in [2.05, 4.69) is 20.9 Å². The minimum atomic E-state index is -0.430. The number of rotatable bonds is 5. The number of hydrogen-bond donors (Lipinski definition) is 1. The summed E-state index contributed by atoms with van der Waals surface area (Å²) >= 11 is 9.44. The van der Waals surface area contributed by atoms with E-state index in [0.29, 0.717) is 32.9 Å². The topological polar surface area (TPSA) is 78.7 Å². The van der Waals surface area contributed by atoms with Gasteiger partial charge in [-0.05, 0) is 57.4 Å². The predicted octanol–water partition coefficient (Wildman–Crippen LogP) is 7.54. The van der Waals surface area contributed by atoms with Gasteiger partial charge in [0.15, 0.2) is 10.4 Å². The second-order valence-corrected chi connectivity index (χ2v) is 10.3. The number of hydrazone groups is 1. The highest BCUT2D eigenvalue weighted by Gasteiger charge is 2.34. The fourth-order valence-electron chi connectivity index (χ4n) is 4.79. The summed E-state index contributed by atoms with van der Waals surface area (Å²) in [6.07, 6.45) is 4.23. The third kappa shape index (κ3) is 4.99. The molecular formula is C31H21BrClN3O3. The van der Waals surface area contributed by atoms with Crippen LogP contribution in [0.3, 0.4) is 0 Å². The van der Waals surface area contributed by atoms with Crippen molar-refractivity contribution in [2.24, 2.45) is 5.10 Å². The quantitative estimate of drug-likeness (QED) is 0.227. The molecule has 0 saturated heterocycles. The number of aromatic amines is 1. The first-order valence-corrected chi connectivity index (χ1v) is 13.5. The Kier molecular flexibility index (Phi) is 6.77. The maximum absolute atomic E-state index is 13.6. The van der Waals surface area contributed by atoms with Crippen LogP contribution in [-0.2, 0) is 0 Å². The number of H-pyrrole nitrogens is 1. The van der Waals surface area contributed by atoms with Crippen molar-refractivity contribution < 1.29 is 9.21 Å². The first-order valence-electron chi connectivity index (χ1n) is 12.3. The van der Waals surface area contributed by atoms with Crippen LogP contribution >= 0.6 is 27.5 Å². The fraction of sp³-hybridized carbons (Fsp3) is 0.0645. The molecule has 3 aromatic carbocycles. The Morgan fingerprint density at radius 1 is 0.974 bits per heavy atom. The van der Waals surface area contributed by atoms with Gasteiger partial charge in [-0.15, -0.1) is 0 Å². The molecule has 0 saturated carbocycles. The van der Waals surface area contributed by atoms with E-state index < -0.39 is 11.9 Å². The molecule has 0 spiro atoms. The molecule has 0 bridgehead atoms. The molecule has 2 aromatic heterocycles. The number of hydrogen-bond acceptors (Lipinski definition) is 4. The third-order valence-corrected chi connectivity index (χ3v) is 7.27. The molecule has 3 heterocycles. The largest absolute Gasteiger partial charge is 0.444 e. The number of aromatic nitrogens is 1. The number of nitrogens with one attached hydrogen (secondary N) is 1. The number of benzene rings is 3. The number of carbonyl (C=O) groups is 1. The van der Waals surface area contributed by atoms with Crippen molar-refractivity contribution in [2.75, 3.05) is 0 Å². The summed E-state index contributed by atoms with van der Waals surface area (Å²) in [6, 6.07) is 27.6. The van der Waals surface area contributed by atoms with Gasteiger partial charge in [0.25, 0.3) is 5.56 Å². The Morgan fingerprint density at radius 3 is 2.46 bits per heavy atom. The van der Waals surface area contributed by atoms with E-state index in [4.69, 9.17) is 21.1 Å². The van der Waals surface area contributed by atoms with E-state index in [9.17, 15) is 9.59 Å². The molecule has 5 aromatic rings. The van der Waals surface area contributed by atoms with Gasteiger partial charge in [0.2, 0.25) is 0 Å². The number of furan rings is 1. The van der Waals surface area contributed by atoms with Gasteiger partial charge in [0, 0.05) is 27.9 Å². The van der Waals surface area contributed by atoms with Crippen molar-refractivity contribution in [3.8, 4) is 11.1 Å². The summed E-state index contributed by atoms with van der Waals surface area (Å²) in [5, 5.41) is 7.59. The van der Waals surface area contributed by atoms with Crippen molar-refractivity contribution in [3.63, 3.8) is 0 Å². The van der Waals surface area contributed by atoms with E-state index in [1.165, 1.54) is 5.01 Å². The highest BCUT2D eigenvalue weighted by atomic mass is 79.9. The summed E-state index contributed by atoms with van der Waals surface area (Å²) in [5.74, 6) is -0.251. The highest BCUT2D eigenvalue weighted by Crippen LogP contribution is 2.34. The number of halogens is 2.